The Morgan fingerprint density at radius 3 is 1.62 bits per heavy atom. The molecule has 0 aliphatic heterocycles. The second kappa shape index (κ2) is 7.62. The molecule has 0 aliphatic rings. The van der Waals surface area contributed by atoms with Crippen LogP contribution >= 0.6 is 23.2 Å². The number of hydrogen-bond acceptors (Lipinski definition) is 2. The Labute approximate surface area is 136 Å². The van der Waals surface area contributed by atoms with Crippen molar-refractivity contribution in [2.45, 2.75) is 26.7 Å². The van der Waals surface area contributed by atoms with Crippen LogP contribution in [0.4, 0.5) is 0 Å². The Bertz CT molecular complexity index is 564. The van der Waals surface area contributed by atoms with E-state index in [-0.39, 0.29) is 7.69 Å². The summed E-state index contributed by atoms with van der Waals surface area (Å²) >= 11 is 12.0. The van der Waals surface area contributed by atoms with Gasteiger partial charge >= 0.3 is 7.69 Å². The van der Waals surface area contributed by atoms with Crippen LogP contribution in [0.2, 0.25) is 10.0 Å². The standard InChI is InChI=1S/C16H17BCl2O2/c1-3-11-5-7-13(18)9-15(11)20-17-21-16-10-14(19)8-6-12(16)4-2/h5-10,17H,3-4H2,1-2H3. The average Bonchev–Trinajstić information content (AvgIpc) is 2.48. The smallest absolute Gasteiger partial charge is 0.528 e. The summed E-state index contributed by atoms with van der Waals surface area (Å²) in [6.45, 7) is 4.15. The molecule has 0 saturated heterocycles. The zero-order chi connectivity index (χ0) is 15.2. The molecular formula is C16H17BCl2O2. The van der Waals surface area contributed by atoms with Crippen LogP contribution in [0.15, 0.2) is 36.4 Å². The fourth-order valence-corrected chi connectivity index (χ4v) is 2.39. The maximum Gasteiger partial charge on any atom is 0.576 e. The number of rotatable bonds is 6. The van der Waals surface area contributed by atoms with Crippen LogP contribution in [0, 0.1) is 0 Å². The van der Waals surface area contributed by atoms with Crippen molar-refractivity contribution < 1.29 is 9.31 Å². The molecule has 0 amide bonds. The van der Waals surface area contributed by atoms with E-state index in [9.17, 15) is 0 Å². The SMILES string of the molecule is CCc1ccc(Cl)cc1OBOc1cc(Cl)ccc1CC. The number of benzene rings is 2. The van der Waals surface area contributed by atoms with Gasteiger partial charge in [-0.25, -0.2) is 0 Å². The maximum atomic E-state index is 6.00. The minimum atomic E-state index is 0.126. The highest BCUT2D eigenvalue weighted by Crippen LogP contribution is 2.26. The predicted octanol–water partition coefficient (Wildman–Crippen LogP) is 4.84. The highest BCUT2D eigenvalue weighted by Gasteiger charge is 2.08. The second-order valence-electron chi connectivity index (χ2n) is 4.62. The zero-order valence-corrected chi connectivity index (χ0v) is 13.7. The van der Waals surface area contributed by atoms with Crippen molar-refractivity contribution in [2.24, 2.45) is 0 Å². The van der Waals surface area contributed by atoms with E-state index in [4.69, 9.17) is 32.5 Å². The lowest BCUT2D eigenvalue weighted by Gasteiger charge is -2.13. The average molecular weight is 323 g/mol. The van der Waals surface area contributed by atoms with Crippen LogP contribution in [0.1, 0.15) is 25.0 Å². The van der Waals surface area contributed by atoms with Crippen LogP contribution in [-0.4, -0.2) is 7.69 Å². The molecule has 2 aromatic rings. The summed E-state index contributed by atoms with van der Waals surface area (Å²) in [7, 11) is 0.126. The van der Waals surface area contributed by atoms with Crippen molar-refractivity contribution in [2.75, 3.05) is 0 Å². The zero-order valence-electron chi connectivity index (χ0n) is 12.2. The molecule has 0 spiro atoms. The molecule has 0 saturated carbocycles. The van der Waals surface area contributed by atoms with Gasteiger partial charge in [-0.15, -0.1) is 0 Å². The molecule has 0 unspecified atom stereocenters. The van der Waals surface area contributed by atoms with Crippen LogP contribution in [0.5, 0.6) is 11.5 Å². The van der Waals surface area contributed by atoms with Crippen LogP contribution in [0.25, 0.3) is 0 Å². The highest BCUT2D eigenvalue weighted by molar-refractivity contribution is 6.31. The maximum absolute atomic E-state index is 6.00. The van der Waals surface area contributed by atoms with E-state index >= 15 is 0 Å². The Balaban J connectivity index is 2.05. The topological polar surface area (TPSA) is 18.5 Å². The molecule has 0 aromatic heterocycles. The normalized spacial score (nSPS) is 10.3. The summed E-state index contributed by atoms with van der Waals surface area (Å²) in [6, 6.07) is 11.3. The number of aryl methyl sites for hydroxylation is 2. The van der Waals surface area contributed by atoms with E-state index in [1.807, 2.05) is 36.4 Å². The molecule has 0 bridgehead atoms. The quantitative estimate of drug-likeness (QED) is 0.708. The van der Waals surface area contributed by atoms with E-state index in [2.05, 4.69) is 13.8 Å². The fourth-order valence-electron chi connectivity index (χ4n) is 2.07. The summed E-state index contributed by atoms with van der Waals surface area (Å²) in [5.41, 5.74) is 2.20. The van der Waals surface area contributed by atoms with Gasteiger partial charge in [0.2, 0.25) is 0 Å². The predicted molar refractivity (Wildman–Crippen MR) is 90.1 cm³/mol. The van der Waals surface area contributed by atoms with E-state index in [0.29, 0.717) is 10.0 Å². The van der Waals surface area contributed by atoms with E-state index in [1.165, 1.54) is 0 Å². The Morgan fingerprint density at radius 1 is 0.810 bits per heavy atom. The molecule has 0 fully saturated rings. The third kappa shape index (κ3) is 4.32. The first-order valence-electron chi connectivity index (χ1n) is 6.96. The van der Waals surface area contributed by atoms with Crippen molar-refractivity contribution in [1.82, 2.24) is 0 Å². The minimum Gasteiger partial charge on any atom is -0.528 e. The van der Waals surface area contributed by atoms with Gasteiger partial charge in [0.25, 0.3) is 0 Å². The Hall–Kier alpha value is -1.32. The van der Waals surface area contributed by atoms with Crippen molar-refractivity contribution in [3.8, 4) is 11.5 Å². The minimum absolute atomic E-state index is 0.126. The first kappa shape index (κ1) is 16.1. The molecule has 2 aromatic carbocycles. The molecule has 2 rings (SSSR count). The first-order chi connectivity index (χ1) is 10.1. The van der Waals surface area contributed by atoms with Gasteiger partial charge in [0.05, 0.1) is 0 Å². The Morgan fingerprint density at radius 2 is 1.24 bits per heavy atom. The van der Waals surface area contributed by atoms with Crippen LogP contribution in [0.3, 0.4) is 0 Å². The molecule has 21 heavy (non-hydrogen) atoms. The van der Waals surface area contributed by atoms with E-state index in [1.54, 1.807) is 0 Å². The molecule has 5 heteroatoms. The summed E-state index contributed by atoms with van der Waals surface area (Å²) < 4.78 is 11.4. The summed E-state index contributed by atoms with van der Waals surface area (Å²) in [5, 5.41) is 1.30. The van der Waals surface area contributed by atoms with E-state index < -0.39 is 0 Å². The van der Waals surface area contributed by atoms with Gasteiger partial charge in [0.1, 0.15) is 11.5 Å². The fraction of sp³-hybridized carbons (Fsp3) is 0.250. The van der Waals surface area contributed by atoms with Gasteiger partial charge in [-0.3, -0.25) is 0 Å². The van der Waals surface area contributed by atoms with Gasteiger partial charge in [-0.2, -0.15) is 0 Å². The summed E-state index contributed by atoms with van der Waals surface area (Å²) in [6.07, 6.45) is 1.76. The van der Waals surface area contributed by atoms with Crippen molar-refractivity contribution in [3.63, 3.8) is 0 Å². The molecular weight excluding hydrogens is 306 g/mol. The summed E-state index contributed by atoms with van der Waals surface area (Å²) in [5.74, 6) is 1.51. The lowest BCUT2D eigenvalue weighted by Crippen LogP contribution is -2.13. The summed E-state index contributed by atoms with van der Waals surface area (Å²) in [4.78, 5) is 0. The molecule has 0 radical (unpaired) electrons. The van der Waals surface area contributed by atoms with Crippen molar-refractivity contribution in [1.29, 1.82) is 0 Å². The number of hydrogen-bond donors (Lipinski definition) is 0. The lowest BCUT2D eigenvalue weighted by molar-refractivity contribution is 0.453. The molecule has 2 nitrogen and oxygen atoms in total. The largest absolute Gasteiger partial charge is 0.576 e. The Kier molecular flexibility index (Phi) is 5.83. The number of halogens is 2. The molecule has 110 valence electrons. The monoisotopic (exact) mass is 322 g/mol. The van der Waals surface area contributed by atoms with Gasteiger partial charge in [0, 0.05) is 10.0 Å². The van der Waals surface area contributed by atoms with Gasteiger partial charge in [-0.1, -0.05) is 49.2 Å². The molecule has 0 atom stereocenters. The second-order valence-corrected chi connectivity index (χ2v) is 5.49. The van der Waals surface area contributed by atoms with Gasteiger partial charge in [-0.05, 0) is 48.2 Å². The van der Waals surface area contributed by atoms with Crippen molar-refractivity contribution in [3.05, 3.63) is 57.6 Å². The molecule has 0 aliphatic carbocycles. The van der Waals surface area contributed by atoms with Crippen LogP contribution < -0.4 is 9.31 Å². The highest BCUT2D eigenvalue weighted by atomic mass is 35.5. The first-order valence-corrected chi connectivity index (χ1v) is 7.72. The van der Waals surface area contributed by atoms with Crippen molar-refractivity contribution >= 4 is 30.9 Å². The molecule has 0 heterocycles. The third-order valence-corrected chi connectivity index (χ3v) is 3.72. The van der Waals surface area contributed by atoms with Gasteiger partial charge in [0.15, 0.2) is 0 Å². The van der Waals surface area contributed by atoms with Gasteiger partial charge < -0.3 is 9.31 Å². The third-order valence-electron chi connectivity index (χ3n) is 3.25. The lowest BCUT2D eigenvalue weighted by atomic mass is 10.1. The van der Waals surface area contributed by atoms with Crippen LogP contribution in [-0.2, 0) is 12.8 Å². The van der Waals surface area contributed by atoms with E-state index in [0.717, 1.165) is 35.5 Å². The molecule has 0 N–H and O–H groups in total.